The van der Waals surface area contributed by atoms with Gasteiger partial charge < -0.3 is 4.42 Å². The van der Waals surface area contributed by atoms with Crippen molar-refractivity contribution in [1.29, 1.82) is 0 Å². The van der Waals surface area contributed by atoms with Crippen LogP contribution < -0.4 is 5.32 Å². The van der Waals surface area contributed by atoms with Gasteiger partial charge >= 0.3 is 12.1 Å². The fourth-order valence-corrected chi connectivity index (χ4v) is 2.09. The number of aromatic nitrogens is 1. The Morgan fingerprint density at radius 2 is 1.60 bits per heavy atom. The van der Waals surface area contributed by atoms with Gasteiger partial charge in [-0.05, 0) is 24.3 Å². The van der Waals surface area contributed by atoms with Crippen molar-refractivity contribution < 1.29 is 26.8 Å². The lowest BCUT2D eigenvalue weighted by atomic mass is 10.1. The minimum absolute atomic E-state index is 0.0394. The number of nitrogens with zero attached hydrogens (tertiary/aromatic N) is 1. The third-order valence-electron chi connectivity index (χ3n) is 3.25. The summed E-state index contributed by atoms with van der Waals surface area (Å²) in [6.45, 7) is 0. The van der Waals surface area contributed by atoms with Crippen LogP contribution in [-0.2, 0) is 4.79 Å². The summed E-state index contributed by atoms with van der Waals surface area (Å²) in [7, 11) is 0. The van der Waals surface area contributed by atoms with Crippen LogP contribution in [0.1, 0.15) is 0 Å². The number of anilines is 1. The molecular weight excluding hydrogens is 340 g/mol. The van der Waals surface area contributed by atoms with Crippen LogP contribution >= 0.6 is 0 Å². The maximum Gasteiger partial charge on any atom is 0.471 e. The number of rotatable bonds is 3. The molecule has 0 atom stereocenters. The third-order valence-corrected chi connectivity index (χ3v) is 3.25. The zero-order valence-electron chi connectivity index (χ0n) is 12.5. The van der Waals surface area contributed by atoms with Crippen LogP contribution in [-0.4, -0.2) is 17.1 Å². The van der Waals surface area contributed by atoms with Crippen molar-refractivity contribution in [3.63, 3.8) is 0 Å². The molecule has 1 amide bonds. The first-order chi connectivity index (χ1) is 11.8. The summed E-state index contributed by atoms with van der Waals surface area (Å²) >= 11 is 0. The van der Waals surface area contributed by atoms with Crippen molar-refractivity contribution in [3.05, 3.63) is 60.4 Å². The quantitative estimate of drug-likeness (QED) is 0.700. The zero-order chi connectivity index (χ0) is 18.0. The van der Waals surface area contributed by atoms with Crippen LogP contribution in [0.25, 0.3) is 22.7 Å². The number of halogens is 4. The monoisotopic (exact) mass is 350 g/mol. The number of benzene rings is 2. The number of hydrogen-bond acceptors (Lipinski definition) is 3. The Morgan fingerprint density at radius 3 is 2.20 bits per heavy atom. The molecule has 0 saturated heterocycles. The van der Waals surface area contributed by atoms with Crippen LogP contribution in [0.2, 0.25) is 0 Å². The van der Waals surface area contributed by atoms with Crippen LogP contribution in [0.3, 0.4) is 0 Å². The molecule has 128 valence electrons. The highest BCUT2D eigenvalue weighted by atomic mass is 19.4. The van der Waals surface area contributed by atoms with E-state index in [9.17, 15) is 22.4 Å². The second-order valence-corrected chi connectivity index (χ2v) is 5.02. The molecule has 0 saturated carbocycles. The van der Waals surface area contributed by atoms with Crippen molar-refractivity contribution in [3.8, 4) is 22.7 Å². The SMILES string of the molecule is O=C(Nc1oc(-c2ccc(F)cc2)nc1-c1ccccc1)C(F)(F)F. The van der Waals surface area contributed by atoms with Crippen molar-refractivity contribution in [2.24, 2.45) is 0 Å². The minimum Gasteiger partial charge on any atom is -0.420 e. The number of amides is 1. The summed E-state index contributed by atoms with van der Waals surface area (Å²) < 4.78 is 55.9. The molecule has 25 heavy (non-hydrogen) atoms. The van der Waals surface area contributed by atoms with E-state index in [1.54, 1.807) is 35.6 Å². The first-order valence-corrected chi connectivity index (χ1v) is 7.05. The Bertz CT molecular complexity index is 887. The van der Waals surface area contributed by atoms with Crippen molar-refractivity contribution in [2.45, 2.75) is 6.18 Å². The Labute approximate surface area is 139 Å². The maximum absolute atomic E-state index is 13.0. The molecule has 0 bridgehead atoms. The van der Waals surface area contributed by atoms with E-state index in [-0.39, 0.29) is 11.6 Å². The van der Waals surface area contributed by atoms with Crippen LogP contribution in [0.4, 0.5) is 23.4 Å². The molecule has 0 aliphatic rings. The van der Waals surface area contributed by atoms with Gasteiger partial charge in [-0.25, -0.2) is 9.37 Å². The molecule has 2 aromatic carbocycles. The van der Waals surface area contributed by atoms with Crippen LogP contribution in [0, 0.1) is 5.82 Å². The molecule has 0 unspecified atom stereocenters. The average Bonchev–Trinajstić information content (AvgIpc) is 2.99. The number of alkyl halides is 3. The molecule has 8 heteroatoms. The lowest BCUT2D eigenvalue weighted by Gasteiger charge is -2.06. The normalized spacial score (nSPS) is 11.4. The van der Waals surface area contributed by atoms with Gasteiger partial charge in [-0.2, -0.15) is 13.2 Å². The lowest BCUT2D eigenvalue weighted by Crippen LogP contribution is -2.29. The molecule has 1 N–H and O–H groups in total. The molecule has 3 rings (SSSR count). The van der Waals surface area contributed by atoms with E-state index in [0.717, 1.165) is 12.1 Å². The van der Waals surface area contributed by atoms with Gasteiger partial charge in [-0.3, -0.25) is 10.1 Å². The molecule has 1 aromatic heterocycles. The van der Waals surface area contributed by atoms with Crippen molar-refractivity contribution in [2.75, 3.05) is 5.32 Å². The lowest BCUT2D eigenvalue weighted by molar-refractivity contribution is -0.167. The topological polar surface area (TPSA) is 55.1 Å². The highest BCUT2D eigenvalue weighted by molar-refractivity contribution is 5.96. The smallest absolute Gasteiger partial charge is 0.420 e. The molecule has 0 aliphatic heterocycles. The van der Waals surface area contributed by atoms with E-state index in [4.69, 9.17) is 4.42 Å². The Hall–Kier alpha value is -3.16. The fourth-order valence-electron chi connectivity index (χ4n) is 2.09. The van der Waals surface area contributed by atoms with Gasteiger partial charge in [0.15, 0.2) is 0 Å². The second-order valence-electron chi connectivity index (χ2n) is 5.02. The maximum atomic E-state index is 13.0. The summed E-state index contributed by atoms with van der Waals surface area (Å²) in [4.78, 5) is 15.4. The van der Waals surface area contributed by atoms with Gasteiger partial charge in [0, 0.05) is 11.1 Å². The molecule has 3 aromatic rings. The first-order valence-electron chi connectivity index (χ1n) is 7.05. The second kappa shape index (κ2) is 6.39. The number of hydrogen-bond donors (Lipinski definition) is 1. The van der Waals surface area contributed by atoms with E-state index in [1.807, 2.05) is 0 Å². The van der Waals surface area contributed by atoms with Gasteiger partial charge in [0.05, 0.1) is 0 Å². The summed E-state index contributed by atoms with van der Waals surface area (Å²) in [5.41, 5.74) is 0.848. The van der Waals surface area contributed by atoms with Gasteiger partial charge in [0.2, 0.25) is 11.8 Å². The minimum atomic E-state index is -5.07. The summed E-state index contributed by atoms with van der Waals surface area (Å²) in [6, 6.07) is 13.3. The summed E-state index contributed by atoms with van der Waals surface area (Å²) in [5.74, 6) is -3.14. The molecule has 0 fully saturated rings. The van der Waals surface area contributed by atoms with Gasteiger partial charge in [0.1, 0.15) is 11.5 Å². The number of nitrogens with one attached hydrogen (secondary N) is 1. The predicted octanol–water partition coefficient (Wildman–Crippen LogP) is 4.65. The van der Waals surface area contributed by atoms with Gasteiger partial charge in [-0.15, -0.1) is 0 Å². The first kappa shape index (κ1) is 16.7. The number of carbonyl (C=O) groups is 1. The molecule has 1 heterocycles. The largest absolute Gasteiger partial charge is 0.471 e. The Morgan fingerprint density at radius 1 is 0.960 bits per heavy atom. The molecule has 0 radical (unpaired) electrons. The zero-order valence-corrected chi connectivity index (χ0v) is 12.5. The highest BCUT2D eigenvalue weighted by Gasteiger charge is 2.40. The van der Waals surface area contributed by atoms with Crippen molar-refractivity contribution in [1.82, 2.24) is 4.98 Å². The number of carbonyl (C=O) groups excluding carboxylic acids is 1. The summed E-state index contributed by atoms with van der Waals surface area (Å²) in [5, 5.41) is 1.68. The Kier molecular flexibility index (Phi) is 4.26. The van der Waals surface area contributed by atoms with Crippen LogP contribution in [0.5, 0.6) is 0 Å². The molecule has 4 nitrogen and oxygen atoms in total. The molecule has 0 spiro atoms. The van der Waals surface area contributed by atoms with Gasteiger partial charge in [0.25, 0.3) is 0 Å². The molecular formula is C17H10F4N2O2. The fraction of sp³-hybridized carbons (Fsp3) is 0.0588. The van der Waals surface area contributed by atoms with E-state index >= 15 is 0 Å². The Balaban J connectivity index is 2.05. The van der Waals surface area contributed by atoms with E-state index in [1.165, 1.54) is 12.1 Å². The number of oxazole rings is 1. The van der Waals surface area contributed by atoms with Crippen LogP contribution in [0.15, 0.2) is 59.0 Å². The van der Waals surface area contributed by atoms with Crippen molar-refractivity contribution >= 4 is 11.8 Å². The van der Waals surface area contributed by atoms with E-state index in [0.29, 0.717) is 11.1 Å². The molecule has 0 aliphatic carbocycles. The van der Waals surface area contributed by atoms with E-state index in [2.05, 4.69) is 4.98 Å². The highest BCUT2D eigenvalue weighted by Crippen LogP contribution is 2.33. The predicted molar refractivity (Wildman–Crippen MR) is 82.0 cm³/mol. The van der Waals surface area contributed by atoms with E-state index < -0.39 is 23.8 Å². The van der Waals surface area contributed by atoms with Gasteiger partial charge in [-0.1, -0.05) is 30.3 Å². The average molecular weight is 350 g/mol. The summed E-state index contributed by atoms with van der Waals surface area (Å²) in [6.07, 6.45) is -5.07. The standard InChI is InChI=1S/C17H10F4N2O2/c18-12-8-6-11(7-9-12)14-22-13(10-4-2-1-3-5-10)15(25-14)23-16(24)17(19,20)21/h1-9H,(H,23,24). The third kappa shape index (κ3) is 3.68.